The number of anilines is 1. The Morgan fingerprint density at radius 2 is 2.10 bits per heavy atom. The molecule has 0 saturated carbocycles. The molecule has 0 amide bonds. The van der Waals surface area contributed by atoms with Crippen molar-refractivity contribution >= 4 is 39.1 Å². The van der Waals surface area contributed by atoms with Gasteiger partial charge in [-0.05, 0) is 24.4 Å². The SMILES string of the molecule is CCNc1nc(CSc2ncccn2)nc2sccc12. The van der Waals surface area contributed by atoms with Crippen molar-refractivity contribution in [2.45, 2.75) is 17.8 Å². The minimum Gasteiger partial charge on any atom is -0.370 e. The van der Waals surface area contributed by atoms with Crippen molar-refractivity contribution in [1.82, 2.24) is 19.9 Å². The first-order chi connectivity index (χ1) is 9.86. The van der Waals surface area contributed by atoms with Crippen molar-refractivity contribution in [3.8, 4) is 0 Å². The highest BCUT2D eigenvalue weighted by molar-refractivity contribution is 7.98. The van der Waals surface area contributed by atoms with Crippen LogP contribution in [0.2, 0.25) is 0 Å². The molecule has 0 spiro atoms. The second-order valence-corrected chi connectivity index (χ2v) is 5.82. The second-order valence-electron chi connectivity index (χ2n) is 3.98. The zero-order valence-electron chi connectivity index (χ0n) is 10.9. The third kappa shape index (κ3) is 2.88. The average molecular weight is 303 g/mol. The number of nitrogens with zero attached hydrogens (tertiary/aromatic N) is 4. The fourth-order valence-corrected chi connectivity index (χ4v) is 3.20. The summed E-state index contributed by atoms with van der Waals surface area (Å²) in [6.45, 7) is 2.91. The molecular formula is C13H13N5S2. The summed E-state index contributed by atoms with van der Waals surface area (Å²) in [4.78, 5) is 18.6. The Hall–Kier alpha value is -1.73. The quantitative estimate of drug-likeness (QED) is 0.577. The molecule has 0 saturated heterocycles. The molecule has 0 aromatic carbocycles. The van der Waals surface area contributed by atoms with Gasteiger partial charge in [0.15, 0.2) is 5.16 Å². The van der Waals surface area contributed by atoms with Crippen LogP contribution in [-0.2, 0) is 5.75 Å². The Morgan fingerprint density at radius 3 is 2.90 bits per heavy atom. The third-order valence-corrected chi connectivity index (χ3v) is 4.27. The molecule has 102 valence electrons. The fourth-order valence-electron chi connectivity index (χ4n) is 1.76. The van der Waals surface area contributed by atoms with Gasteiger partial charge in [0.1, 0.15) is 16.5 Å². The van der Waals surface area contributed by atoms with E-state index in [4.69, 9.17) is 0 Å². The lowest BCUT2D eigenvalue weighted by molar-refractivity contribution is 0.960. The van der Waals surface area contributed by atoms with Crippen LogP contribution in [0, 0.1) is 0 Å². The molecule has 0 bridgehead atoms. The van der Waals surface area contributed by atoms with Crippen LogP contribution >= 0.6 is 23.1 Å². The first-order valence-electron chi connectivity index (χ1n) is 6.24. The molecule has 3 rings (SSSR count). The standard InChI is InChI=1S/C13H13N5S2/c1-2-14-11-9-4-7-19-12(9)18-10(17-11)8-20-13-15-5-3-6-16-13/h3-7H,2,8H2,1H3,(H,14,17,18). The first-order valence-corrected chi connectivity index (χ1v) is 8.11. The van der Waals surface area contributed by atoms with E-state index in [2.05, 4.69) is 38.2 Å². The first kappa shape index (κ1) is 13.3. The van der Waals surface area contributed by atoms with Gasteiger partial charge in [-0.1, -0.05) is 11.8 Å². The van der Waals surface area contributed by atoms with Crippen molar-refractivity contribution in [1.29, 1.82) is 0 Å². The summed E-state index contributed by atoms with van der Waals surface area (Å²) in [7, 11) is 0. The Bertz CT molecular complexity index is 698. The van der Waals surface area contributed by atoms with E-state index in [0.717, 1.165) is 33.6 Å². The number of thiophene rings is 1. The van der Waals surface area contributed by atoms with Crippen molar-refractivity contribution in [2.24, 2.45) is 0 Å². The summed E-state index contributed by atoms with van der Waals surface area (Å²) in [6, 6.07) is 3.86. The lowest BCUT2D eigenvalue weighted by Crippen LogP contribution is -2.03. The number of nitrogens with one attached hydrogen (secondary N) is 1. The van der Waals surface area contributed by atoms with Crippen molar-refractivity contribution < 1.29 is 0 Å². The highest BCUT2D eigenvalue weighted by atomic mass is 32.2. The highest BCUT2D eigenvalue weighted by Crippen LogP contribution is 2.26. The molecule has 0 fully saturated rings. The van der Waals surface area contributed by atoms with Gasteiger partial charge in [-0.3, -0.25) is 0 Å². The van der Waals surface area contributed by atoms with E-state index in [0.29, 0.717) is 5.75 Å². The predicted octanol–water partition coefficient (Wildman–Crippen LogP) is 3.21. The van der Waals surface area contributed by atoms with E-state index >= 15 is 0 Å². The van der Waals surface area contributed by atoms with E-state index in [1.807, 2.05) is 11.4 Å². The van der Waals surface area contributed by atoms with Crippen LogP contribution in [0.3, 0.4) is 0 Å². The van der Waals surface area contributed by atoms with E-state index < -0.39 is 0 Å². The second kappa shape index (κ2) is 6.15. The van der Waals surface area contributed by atoms with Crippen molar-refractivity contribution in [3.63, 3.8) is 0 Å². The zero-order valence-corrected chi connectivity index (χ0v) is 12.5. The normalized spacial score (nSPS) is 10.8. The van der Waals surface area contributed by atoms with Crippen LogP contribution in [0.5, 0.6) is 0 Å². The molecule has 5 nitrogen and oxygen atoms in total. The van der Waals surface area contributed by atoms with Crippen LogP contribution in [0.15, 0.2) is 35.1 Å². The molecule has 0 radical (unpaired) electrons. The summed E-state index contributed by atoms with van der Waals surface area (Å²) >= 11 is 3.17. The Morgan fingerprint density at radius 1 is 1.25 bits per heavy atom. The van der Waals surface area contributed by atoms with Gasteiger partial charge in [0.05, 0.1) is 11.1 Å². The maximum Gasteiger partial charge on any atom is 0.187 e. The molecule has 0 atom stereocenters. The van der Waals surface area contributed by atoms with Gasteiger partial charge >= 0.3 is 0 Å². The van der Waals surface area contributed by atoms with E-state index in [9.17, 15) is 0 Å². The molecule has 7 heteroatoms. The smallest absolute Gasteiger partial charge is 0.187 e. The fraction of sp³-hybridized carbons (Fsp3) is 0.231. The third-order valence-electron chi connectivity index (χ3n) is 2.59. The Labute approximate surface area is 124 Å². The van der Waals surface area contributed by atoms with Crippen LogP contribution in [-0.4, -0.2) is 26.5 Å². The molecule has 3 heterocycles. The molecule has 20 heavy (non-hydrogen) atoms. The van der Waals surface area contributed by atoms with Gasteiger partial charge in [0, 0.05) is 18.9 Å². The number of thioether (sulfide) groups is 1. The van der Waals surface area contributed by atoms with Crippen LogP contribution in [0.1, 0.15) is 12.7 Å². The number of hydrogen-bond acceptors (Lipinski definition) is 7. The maximum absolute atomic E-state index is 4.59. The van der Waals surface area contributed by atoms with Crippen LogP contribution < -0.4 is 5.32 Å². The largest absolute Gasteiger partial charge is 0.370 e. The summed E-state index contributed by atoms with van der Waals surface area (Å²) in [5.74, 6) is 2.37. The van der Waals surface area contributed by atoms with Gasteiger partial charge in [0.25, 0.3) is 0 Å². The zero-order chi connectivity index (χ0) is 13.8. The molecule has 0 aliphatic rings. The molecule has 3 aromatic rings. The molecule has 0 aliphatic carbocycles. The minimum atomic E-state index is 0.663. The summed E-state index contributed by atoms with van der Waals surface area (Å²) in [5.41, 5.74) is 0. The number of aromatic nitrogens is 4. The monoisotopic (exact) mass is 303 g/mol. The molecule has 0 unspecified atom stereocenters. The van der Waals surface area contributed by atoms with Gasteiger partial charge in [-0.2, -0.15) is 0 Å². The van der Waals surface area contributed by atoms with Gasteiger partial charge in [-0.15, -0.1) is 11.3 Å². The van der Waals surface area contributed by atoms with Gasteiger partial charge in [0.2, 0.25) is 0 Å². The van der Waals surface area contributed by atoms with Gasteiger partial charge in [-0.25, -0.2) is 19.9 Å². The summed E-state index contributed by atoms with van der Waals surface area (Å²) in [5, 5.41) is 7.16. The number of fused-ring (bicyclic) bond motifs is 1. The van der Waals surface area contributed by atoms with Crippen molar-refractivity contribution in [3.05, 3.63) is 35.7 Å². The number of rotatable bonds is 5. The van der Waals surface area contributed by atoms with Crippen molar-refractivity contribution in [2.75, 3.05) is 11.9 Å². The van der Waals surface area contributed by atoms with Crippen LogP contribution in [0.4, 0.5) is 5.82 Å². The lowest BCUT2D eigenvalue weighted by atomic mass is 10.3. The Balaban J connectivity index is 1.84. The average Bonchev–Trinajstić information content (AvgIpc) is 2.95. The Kier molecular flexibility index (Phi) is 4.08. The topological polar surface area (TPSA) is 63.6 Å². The lowest BCUT2D eigenvalue weighted by Gasteiger charge is -2.06. The highest BCUT2D eigenvalue weighted by Gasteiger charge is 2.09. The van der Waals surface area contributed by atoms with Crippen LogP contribution in [0.25, 0.3) is 10.2 Å². The predicted molar refractivity (Wildman–Crippen MR) is 83.2 cm³/mol. The number of hydrogen-bond donors (Lipinski definition) is 1. The summed E-state index contributed by atoms with van der Waals surface area (Å²) in [6.07, 6.45) is 3.48. The molecule has 3 aromatic heterocycles. The maximum atomic E-state index is 4.59. The molecule has 0 aliphatic heterocycles. The van der Waals surface area contributed by atoms with E-state index in [-0.39, 0.29) is 0 Å². The summed E-state index contributed by atoms with van der Waals surface area (Å²) < 4.78 is 0. The minimum absolute atomic E-state index is 0.663. The molecular weight excluding hydrogens is 290 g/mol. The van der Waals surface area contributed by atoms with E-state index in [1.54, 1.807) is 35.5 Å². The van der Waals surface area contributed by atoms with Gasteiger partial charge < -0.3 is 5.32 Å². The molecule has 1 N–H and O–H groups in total. The van der Waals surface area contributed by atoms with E-state index in [1.165, 1.54) is 0 Å².